The van der Waals surface area contributed by atoms with Gasteiger partial charge in [0.05, 0.1) is 7.11 Å². The van der Waals surface area contributed by atoms with Crippen LogP contribution in [0, 0.1) is 5.92 Å². The highest BCUT2D eigenvalue weighted by Gasteiger charge is 2.36. The average Bonchev–Trinajstić information content (AvgIpc) is 2.44. The van der Waals surface area contributed by atoms with E-state index in [2.05, 4.69) is 58.2 Å². The Kier molecular flexibility index (Phi) is 6.94. The Bertz CT molecular complexity index is 437. The molecule has 0 aliphatic rings. The van der Waals surface area contributed by atoms with Crippen LogP contribution < -0.4 is 10.1 Å². The average molecular weight is 324 g/mol. The third-order valence-electron chi connectivity index (χ3n) is 4.62. The first-order valence-electron chi connectivity index (χ1n) is 8.17. The van der Waals surface area contributed by atoms with Gasteiger partial charge < -0.3 is 14.5 Å². The van der Waals surface area contributed by atoms with E-state index in [0.29, 0.717) is 5.92 Å². The molecule has 3 nitrogen and oxygen atoms in total. The Labute approximate surface area is 137 Å². The number of hydrogen-bond acceptors (Lipinski definition) is 3. The van der Waals surface area contributed by atoms with Gasteiger partial charge in [0.15, 0.2) is 8.32 Å². The molecule has 0 radical (unpaired) electrons. The lowest BCUT2D eigenvalue weighted by atomic mass is 10.1. The number of anilines is 1. The molecule has 1 rings (SSSR count). The number of benzene rings is 1. The maximum atomic E-state index is 6.24. The van der Waals surface area contributed by atoms with Gasteiger partial charge in [-0.25, -0.2) is 0 Å². The van der Waals surface area contributed by atoms with E-state index in [9.17, 15) is 0 Å². The quantitative estimate of drug-likeness (QED) is 0.671. The van der Waals surface area contributed by atoms with Crippen LogP contribution in [0.5, 0.6) is 5.75 Å². The van der Waals surface area contributed by atoms with E-state index in [1.165, 1.54) is 0 Å². The minimum atomic E-state index is -1.60. The molecule has 0 aliphatic heterocycles. The van der Waals surface area contributed by atoms with Crippen molar-refractivity contribution in [2.75, 3.05) is 25.6 Å². The van der Waals surface area contributed by atoms with E-state index in [1.54, 1.807) is 7.11 Å². The van der Waals surface area contributed by atoms with Crippen molar-refractivity contribution in [3.63, 3.8) is 0 Å². The van der Waals surface area contributed by atoms with E-state index >= 15 is 0 Å². The predicted octanol–water partition coefficient (Wildman–Crippen LogP) is 5.16. The zero-order valence-electron chi connectivity index (χ0n) is 15.3. The van der Waals surface area contributed by atoms with Crippen LogP contribution in [0.25, 0.3) is 0 Å². The highest BCUT2D eigenvalue weighted by molar-refractivity contribution is 6.74. The smallest absolute Gasteiger partial charge is 0.191 e. The second-order valence-electron chi connectivity index (χ2n) is 7.61. The molecule has 1 aromatic rings. The van der Waals surface area contributed by atoms with E-state index < -0.39 is 8.32 Å². The first kappa shape index (κ1) is 19.0. The van der Waals surface area contributed by atoms with Gasteiger partial charge in [0.1, 0.15) is 5.75 Å². The predicted molar refractivity (Wildman–Crippen MR) is 98.4 cm³/mol. The van der Waals surface area contributed by atoms with Crippen molar-refractivity contribution in [1.29, 1.82) is 0 Å². The van der Waals surface area contributed by atoms with Gasteiger partial charge in [-0.1, -0.05) is 27.7 Å². The number of nitrogens with one attached hydrogen (secondary N) is 1. The molecule has 1 N–H and O–H groups in total. The molecule has 0 aromatic heterocycles. The zero-order valence-corrected chi connectivity index (χ0v) is 16.3. The van der Waals surface area contributed by atoms with Crippen LogP contribution >= 0.6 is 0 Å². The van der Waals surface area contributed by atoms with Crippen molar-refractivity contribution in [2.45, 2.75) is 52.2 Å². The van der Waals surface area contributed by atoms with Crippen molar-refractivity contribution in [2.24, 2.45) is 5.92 Å². The highest BCUT2D eigenvalue weighted by atomic mass is 28.4. The number of rotatable bonds is 8. The van der Waals surface area contributed by atoms with Gasteiger partial charge in [-0.2, -0.15) is 0 Å². The molecule has 0 aliphatic carbocycles. The molecular weight excluding hydrogens is 290 g/mol. The van der Waals surface area contributed by atoms with E-state index in [-0.39, 0.29) is 5.04 Å². The van der Waals surface area contributed by atoms with Crippen molar-refractivity contribution >= 4 is 14.0 Å². The Morgan fingerprint density at radius 2 is 1.73 bits per heavy atom. The number of methoxy groups -OCH3 is 1. The SMILES string of the molecule is COc1ccc(NCC(C)CCO[Si](C)(C)C(C)(C)C)cc1. The van der Waals surface area contributed by atoms with Crippen molar-refractivity contribution in [3.8, 4) is 5.75 Å². The summed E-state index contributed by atoms with van der Waals surface area (Å²) in [5, 5.41) is 3.76. The summed E-state index contributed by atoms with van der Waals surface area (Å²) in [4.78, 5) is 0. The van der Waals surface area contributed by atoms with E-state index in [0.717, 1.165) is 31.0 Å². The molecule has 0 amide bonds. The van der Waals surface area contributed by atoms with Crippen LogP contribution in [-0.2, 0) is 4.43 Å². The van der Waals surface area contributed by atoms with E-state index in [1.807, 2.05) is 12.1 Å². The lowest BCUT2D eigenvalue weighted by Crippen LogP contribution is -2.41. The van der Waals surface area contributed by atoms with Gasteiger partial charge in [0.25, 0.3) is 0 Å². The third-order valence-corrected chi connectivity index (χ3v) is 9.16. The largest absolute Gasteiger partial charge is 0.497 e. The van der Waals surface area contributed by atoms with Crippen LogP contribution in [0.2, 0.25) is 18.1 Å². The van der Waals surface area contributed by atoms with Gasteiger partial charge in [-0.05, 0) is 54.7 Å². The van der Waals surface area contributed by atoms with Crippen molar-refractivity contribution in [1.82, 2.24) is 0 Å². The zero-order chi connectivity index (χ0) is 16.8. The van der Waals surface area contributed by atoms with Crippen molar-refractivity contribution < 1.29 is 9.16 Å². The fourth-order valence-electron chi connectivity index (χ4n) is 1.83. The molecule has 0 heterocycles. The number of ether oxygens (including phenoxy) is 1. The summed E-state index contributed by atoms with van der Waals surface area (Å²) in [7, 11) is 0.0839. The van der Waals surface area contributed by atoms with Crippen LogP contribution in [-0.4, -0.2) is 28.6 Å². The Hall–Kier alpha value is -1.00. The van der Waals surface area contributed by atoms with Gasteiger partial charge in [-0.3, -0.25) is 0 Å². The fourth-order valence-corrected chi connectivity index (χ4v) is 2.90. The lowest BCUT2D eigenvalue weighted by Gasteiger charge is -2.36. The Morgan fingerprint density at radius 3 is 2.23 bits per heavy atom. The summed E-state index contributed by atoms with van der Waals surface area (Å²) in [5.41, 5.74) is 1.14. The van der Waals surface area contributed by atoms with Crippen LogP contribution in [0.4, 0.5) is 5.69 Å². The lowest BCUT2D eigenvalue weighted by molar-refractivity contribution is 0.263. The standard InChI is InChI=1S/C18H33NO2Si/c1-15(12-13-21-22(6,7)18(2,3)4)14-19-16-8-10-17(20-5)11-9-16/h8-11,15,19H,12-14H2,1-7H3. The topological polar surface area (TPSA) is 30.5 Å². The molecule has 4 heteroatoms. The van der Waals surface area contributed by atoms with Crippen LogP contribution in [0.15, 0.2) is 24.3 Å². The molecule has 126 valence electrons. The van der Waals surface area contributed by atoms with Gasteiger partial charge in [0.2, 0.25) is 0 Å². The molecule has 1 unspecified atom stereocenters. The fraction of sp³-hybridized carbons (Fsp3) is 0.667. The molecule has 0 spiro atoms. The molecule has 1 atom stereocenters. The Balaban J connectivity index is 2.30. The monoisotopic (exact) mass is 323 g/mol. The summed E-state index contributed by atoms with van der Waals surface area (Å²) in [5.74, 6) is 1.48. The van der Waals surface area contributed by atoms with Crippen LogP contribution in [0.3, 0.4) is 0 Å². The maximum Gasteiger partial charge on any atom is 0.191 e. The van der Waals surface area contributed by atoms with Gasteiger partial charge >= 0.3 is 0 Å². The first-order valence-corrected chi connectivity index (χ1v) is 11.1. The summed E-state index contributed by atoms with van der Waals surface area (Å²) < 4.78 is 11.4. The number of hydrogen-bond donors (Lipinski definition) is 1. The molecule has 0 fully saturated rings. The highest BCUT2D eigenvalue weighted by Crippen LogP contribution is 2.36. The molecule has 1 aromatic carbocycles. The van der Waals surface area contributed by atoms with Crippen LogP contribution in [0.1, 0.15) is 34.1 Å². The third kappa shape index (κ3) is 6.01. The first-order chi connectivity index (χ1) is 10.2. The minimum absolute atomic E-state index is 0.289. The second kappa shape index (κ2) is 8.02. The summed E-state index contributed by atoms with van der Waals surface area (Å²) in [6, 6.07) is 8.07. The molecule has 0 bridgehead atoms. The minimum Gasteiger partial charge on any atom is -0.497 e. The van der Waals surface area contributed by atoms with Crippen molar-refractivity contribution in [3.05, 3.63) is 24.3 Å². The molecular formula is C18H33NO2Si. The molecule has 0 saturated heterocycles. The maximum absolute atomic E-state index is 6.24. The van der Waals surface area contributed by atoms with Gasteiger partial charge in [0, 0.05) is 18.8 Å². The second-order valence-corrected chi connectivity index (χ2v) is 12.4. The summed E-state index contributed by atoms with van der Waals surface area (Å²) in [6.07, 6.45) is 1.09. The summed E-state index contributed by atoms with van der Waals surface area (Å²) in [6.45, 7) is 15.6. The molecule has 0 saturated carbocycles. The van der Waals surface area contributed by atoms with E-state index in [4.69, 9.17) is 9.16 Å². The molecule has 22 heavy (non-hydrogen) atoms. The van der Waals surface area contributed by atoms with Gasteiger partial charge in [-0.15, -0.1) is 0 Å². The Morgan fingerprint density at radius 1 is 1.14 bits per heavy atom. The summed E-state index contributed by atoms with van der Waals surface area (Å²) >= 11 is 0. The normalized spacial score (nSPS) is 13.8.